The zero-order chi connectivity index (χ0) is 50.8. The molecule has 376 valence electrons. The van der Waals surface area contributed by atoms with Crippen LogP contribution in [0.3, 0.4) is 0 Å². The molecule has 0 aliphatic carbocycles. The van der Waals surface area contributed by atoms with Crippen LogP contribution in [0.2, 0.25) is 0 Å². The summed E-state index contributed by atoms with van der Waals surface area (Å²) in [5, 5.41) is 19.1. The number of nitrogens with one attached hydrogen (secondary N) is 3. The van der Waals surface area contributed by atoms with E-state index >= 15 is 0 Å². The van der Waals surface area contributed by atoms with Crippen LogP contribution in [0.5, 0.6) is 5.75 Å². The largest absolute Gasteiger partial charge is 0.494 e. The molecule has 0 radical (unpaired) electrons. The SMILES string of the molecule is Cc1ncsc1-c1ccc(CNC(=O)[C@@H]2C[C@@H](O)CN2C(=O)[C@@H](CC(=O)CCOCCCOc2ccc(Nc3ncc(C(F)(F)F)c(NCc4cccc(N(C)S(C)(=O)=O)c4)n3)cc2)C(C)(C)C)cc1. The Balaban J connectivity index is 0.919. The number of ether oxygens (including phenoxy) is 2. The number of amides is 2. The minimum Gasteiger partial charge on any atom is -0.494 e. The summed E-state index contributed by atoms with van der Waals surface area (Å²) in [7, 11) is -2.17. The molecule has 5 aromatic rings. The Morgan fingerprint density at radius 2 is 1.70 bits per heavy atom. The smallest absolute Gasteiger partial charge is 0.421 e. The Bertz CT molecular complexity index is 2700. The third kappa shape index (κ3) is 14.7. The number of carbonyl (C=O) groups is 3. The molecule has 2 amide bonds. The van der Waals surface area contributed by atoms with Gasteiger partial charge in [0.05, 0.1) is 47.3 Å². The fraction of sp³-hybridized carbons (Fsp3) is 0.429. The lowest BCUT2D eigenvalue weighted by Crippen LogP contribution is -2.50. The number of aromatic nitrogens is 3. The lowest BCUT2D eigenvalue weighted by molar-refractivity contribution is -0.146. The van der Waals surface area contributed by atoms with Crippen molar-refractivity contribution < 1.29 is 50.6 Å². The minimum atomic E-state index is -4.75. The second kappa shape index (κ2) is 23.2. The number of aryl methyl sites for hydroxylation is 1. The van der Waals surface area contributed by atoms with Gasteiger partial charge in [0.15, 0.2) is 0 Å². The molecule has 0 spiro atoms. The molecule has 21 heteroatoms. The summed E-state index contributed by atoms with van der Waals surface area (Å²) in [4.78, 5) is 55.4. The van der Waals surface area contributed by atoms with Gasteiger partial charge in [-0.3, -0.25) is 18.7 Å². The van der Waals surface area contributed by atoms with Gasteiger partial charge in [-0.25, -0.2) is 18.4 Å². The number of alkyl halides is 3. The molecule has 1 aliphatic rings. The first-order valence-corrected chi connectivity index (χ1v) is 25.4. The average molecular weight is 1010 g/mol. The summed E-state index contributed by atoms with van der Waals surface area (Å²) < 4.78 is 78.2. The van der Waals surface area contributed by atoms with Crippen LogP contribution in [0, 0.1) is 18.3 Å². The highest BCUT2D eigenvalue weighted by molar-refractivity contribution is 7.92. The highest BCUT2D eigenvalue weighted by Gasteiger charge is 2.44. The van der Waals surface area contributed by atoms with E-state index < -0.39 is 51.1 Å². The van der Waals surface area contributed by atoms with Crippen LogP contribution in [0.4, 0.5) is 36.3 Å². The summed E-state index contributed by atoms with van der Waals surface area (Å²) >= 11 is 1.56. The van der Waals surface area contributed by atoms with Gasteiger partial charge in [-0.15, -0.1) is 11.3 Å². The lowest BCUT2D eigenvalue weighted by atomic mass is 9.76. The van der Waals surface area contributed by atoms with E-state index in [1.54, 1.807) is 65.4 Å². The minimum absolute atomic E-state index is 0.000776. The van der Waals surface area contributed by atoms with Crippen molar-refractivity contribution in [1.82, 2.24) is 25.2 Å². The maximum atomic E-state index is 14.0. The number of halogens is 3. The van der Waals surface area contributed by atoms with Crippen LogP contribution in [-0.2, 0) is 48.4 Å². The van der Waals surface area contributed by atoms with Gasteiger partial charge in [-0.2, -0.15) is 18.2 Å². The van der Waals surface area contributed by atoms with E-state index in [4.69, 9.17) is 9.47 Å². The molecule has 1 saturated heterocycles. The number of aliphatic hydroxyl groups excluding tert-OH is 1. The Labute approximate surface area is 410 Å². The molecule has 70 heavy (non-hydrogen) atoms. The number of hydrogen-bond acceptors (Lipinski definition) is 14. The summed E-state index contributed by atoms with van der Waals surface area (Å²) in [6.07, 6.45) is -3.24. The highest BCUT2D eigenvalue weighted by atomic mass is 32.2. The van der Waals surface area contributed by atoms with Gasteiger partial charge in [-0.05, 0) is 65.4 Å². The van der Waals surface area contributed by atoms with Gasteiger partial charge in [0.2, 0.25) is 27.8 Å². The van der Waals surface area contributed by atoms with Crippen LogP contribution in [0.15, 0.2) is 84.5 Å². The van der Waals surface area contributed by atoms with Gasteiger partial charge < -0.3 is 35.4 Å². The fourth-order valence-electron chi connectivity index (χ4n) is 7.69. The highest BCUT2D eigenvalue weighted by Crippen LogP contribution is 2.36. The summed E-state index contributed by atoms with van der Waals surface area (Å²) in [6.45, 7) is 8.49. The first kappa shape index (κ1) is 53.2. The Hall–Kier alpha value is -6.16. The second-order valence-corrected chi connectivity index (χ2v) is 21.0. The number of ketones is 1. The predicted molar refractivity (Wildman–Crippen MR) is 262 cm³/mol. The topological polar surface area (TPSA) is 205 Å². The molecule has 3 atom stereocenters. The molecular weight excluding hydrogens is 950 g/mol. The average Bonchev–Trinajstić information content (AvgIpc) is 3.93. The number of carbonyl (C=O) groups excluding carboxylic acids is 3. The van der Waals surface area contributed by atoms with Crippen LogP contribution in [-0.4, -0.2) is 103 Å². The number of anilines is 4. The molecule has 0 saturated carbocycles. The van der Waals surface area contributed by atoms with Crippen LogP contribution in [0.1, 0.15) is 68.8 Å². The van der Waals surface area contributed by atoms with E-state index in [0.29, 0.717) is 48.5 Å². The molecule has 3 aromatic carbocycles. The number of aliphatic hydroxyl groups is 1. The number of β-amino-alcohol motifs (C(OH)–C–C–N with tert-alkyl or cyclic N) is 1. The number of hydrogen-bond donors (Lipinski definition) is 4. The van der Waals surface area contributed by atoms with Crippen molar-refractivity contribution >= 4 is 62.1 Å². The third-order valence-electron chi connectivity index (χ3n) is 11.7. The van der Waals surface area contributed by atoms with Crippen molar-refractivity contribution in [2.24, 2.45) is 11.3 Å². The van der Waals surface area contributed by atoms with Crippen LogP contribution in [0.25, 0.3) is 10.4 Å². The van der Waals surface area contributed by atoms with Gasteiger partial charge in [0.25, 0.3) is 0 Å². The lowest BCUT2D eigenvalue weighted by Gasteiger charge is -2.34. The maximum absolute atomic E-state index is 14.0. The third-order valence-corrected chi connectivity index (χ3v) is 13.9. The van der Waals surface area contributed by atoms with Crippen molar-refractivity contribution in [3.05, 3.63) is 107 Å². The van der Waals surface area contributed by atoms with Gasteiger partial charge in [0.1, 0.15) is 29.0 Å². The molecule has 3 heterocycles. The summed E-state index contributed by atoms with van der Waals surface area (Å²) in [6, 6.07) is 20.0. The van der Waals surface area contributed by atoms with Gasteiger partial charge in [-0.1, -0.05) is 57.2 Å². The number of sulfonamides is 1. The predicted octanol–water partition coefficient (Wildman–Crippen LogP) is 7.75. The van der Waals surface area contributed by atoms with E-state index in [9.17, 15) is 41.1 Å². The fourth-order valence-corrected chi connectivity index (χ4v) is 8.99. The van der Waals surface area contributed by atoms with Crippen molar-refractivity contribution in [3.8, 4) is 16.2 Å². The molecule has 16 nitrogen and oxygen atoms in total. The Morgan fingerprint density at radius 3 is 2.36 bits per heavy atom. The second-order valence-electron chi connectivity index (χ2n) is 18.2. The number of Topliss-reactive ketones (excluding diaryl/α,β-unsaturated/α-hetero) is 1. The Kier molecular flexibility index (Phi) is 17.6. The molecule has 6 rings (SSSR count). The van der Waals surface area contributed by atoms with E-state index in [2.05, 4.69) is 30.9 Å². The molecule has 0 unspecified atom stereocenters. The van der Waals surface area contributed by atoms with Gasteiger partial charge >= 0.3 is 6.18 Å². The van der Waals surface area contributed by atoms with E-state index in [1.165, 1.54) is 11.9 Å². The van der Waals surface area contributed by atoms with E-state index in [0.717, 1.165) is 32.3 Å². The van der Waals surface area contributed by atoms with Crippen molar-refractivity contribution in [2.45, 2.75) is 84.8 Å². The van der Waals surface area contributed by atoms with Crippen molar-refractivity contribution in [1.29, 1.82) is 0 Å². The maximum Gasteiger partial charge on any atom is 0.421 e. The van der Waals surface area contributed by atoms with Crippen LogP contribution < -0.4 is 25.0 Å². The number of nitrogens with zero attached hydrogens (tertiary/aromatic N) is 5. The standard InChI is InChI=1S/C49H59F3N8O8S2/c1-31-43(69-30-56-31)34-13-11-32(12-14-34)26-54-45(63)42-25-38(62)29-60(42)46(64)40(48(2,3)4)24-37(61)19-22-67-20-8-21-68-39-17-15-35(16-18-39)57-47-55-28-41(49(50,51)52)44(58-47)53-27-33-9-7-10-36(23-33)59(5)70(6,65)66/h7,9-18,23,28,30,38,40,42,62H,8,19-22,24-27,29H2,1-6H3,(H,54,63)(H2,53,55,57,58)/t38-,40-,42+/m1/s1. The normalized spacial score (nSPS) is 15.6. The number of thiazole rings is 1. The molecule has 0 bridgehead atoms. The quantitative estimate of drug-likeness (QED) is 0.0490. The Morgan fingerprint density at radius 1 is 0.971 bits per heavy atom. The number of benzene rings is 3. The first-order chi connectivity index (χ1) is 33.1. The zero-order valence-corrected chi connectivity index (χ0v) is 41.5. The van der Waals surface area contributed by atoms with Gasteiger partial charge in [0, 0.05) is 76.8 Å². The van der Waals surface area contributed by atoms with Crippen molar-refractivity contribution in [3.63, 3.8) is 0 Å². The molecule has 1 aliphatic heterocycles. The van der Waals surface area contributed by atoms with Crippen molar-refractivity contribution in [2.75, 3.05) is 54.6 Å². The number of likely N-dealkylation sites (tertiary alicyclic amines) is 1. The molecule has 4 N–H and O–H groups in total. The van der Waals surface area contributed by atoms with E-state index in [-0.39, 0.29) is 69.0 Å². The van der Waals surface area contributed by atoms with E-state index in [1.807, 2.05) is 52.0 Å². The molecule has 1 fully saturated rings. The summed E-state index contributed by atoms with van der Waals surface area (Å²) in [5.74, 6) is -1.64. The zero-order valence-electron chi connectivity index (χ0n) is 39.9. The first-order valence-electron chi connectivity index (χ1n) is 22.6. The number of rotatable bonds is 22. The molecule has 2 aromatic heterocycles. The molecular formula is C49H59F3N8O8S2. The monoisotopic (exact) mass is 1010 g/mol. The van der Waals surface area contributed by atoms with Crippen LogP contribution >= 0.6 is 11.3 Å². The summed E-state index contributed by atoms with van der Waals surface area (Å²) in [5.41, 5.74) is 4.35.